The summed E-state index contributed by atoms with van der Waals surface area (Å²) in [6.45, 7) is 5.86. The number of esters is 1. The van der Waals surface area contributed by atoms with Gasteiger partial charge in [0, 0.05) is 16.3 Å². The van der Waals surface area contributed by atoms with Crippen molar-refractivity contribution in [3.8, 4) is 5.75 Å². The van der Waals surface area contributed by atoms with E-state index in [9.17, 15) is 4.79 Å². The lowest BCUT2D eigenvalue weighted by Crippen LogP contribution is -2.72. The van der Waals surface area contributed by atoms with Crippen molar-refractivity contribution in [1.82, 2.24) is 5.32 Å². The molecule has 0 unspecified atom stereocenters. The number of thiocarbonyl (C=S) groups is 1. The molecule has 2 heterocycles. The Morgan fingerprint density at radius 1 is 1.34 bits per heavy atom. The summed E-state index contributed by atoms with van der Waals surface area (Å²) in [5.41, 5.74) is 1.38. The van der Waals surface area contributed by atoms with E-state index in [0.717, 1.165) is 11.3 Å². The van der Waals surface area contributed by atoms with E-state index in [1.54, 1.807) is 19.1 Å². The Balaban J connectivity index is 1.95. The van der Waals surface area contributed by atoms with Crippen LogP contribution in [0.2, 0.25) is 10.0 Å². The van der Waals surface area contributed by atoms with Crippen LogP contribution in [0, 0.1) is 12.8 Å². The summed E-state index contributed by atoms with van der Waals surface area (Å²) in [5, 5.41) is 4.60. The van der Waals surface area contributed by atoms with Gasteiger partial charge in [-0.1, -0.05) is 41.4 Å². The van der Waals surface area contributed by atoms with Crippen molar-refractivity contribution in [3.05, 3.63) is 57.6 Å². The summed E-state index contributed by atoms with van der Waals surface area (Å²) in [5.74, 6) is -0.594. The first-order valence-electron chi connectivity index (χ1n) is 9.29. The van der Waals surface area contributed by atoms with E-state index >= 15 is 0 Å². The van der Waals surface area contributed by atoms with Gasteiger partial charge >= 0.3 is 5.97 Å². The first kappa shape index (κ1) is 20.3. The average Bonchev–Trinajstić information content (AvgIpc) is 2.64. The highest BCUT2D eigenvalue weighted by atomic mass is 35.5. The zero-order chi connectivity index (χ0) is 20.9. The van der Waals surface area contributed by atoms with Crippen LogP contribution in [0.5, 0.6) is 5.75 Å². The van der Waals surface area contributed by atoms with Crippen LogP contribution in [0.4, 0.5) is 5.69 Å². The quantitative estimate of drug-likeness (QED) is 0.522. The molecule has 2 aromatic carbocycles. The summed E-state index contributed by atoms with van der Waals surface area (Å²) in [4.78, 5) is 14.9. The number of carbonyl (C=O) groups is 1. The minimum Gasteiger partial charge on any atom is -0.466 e. The number of carbonyl (C=O) groups excluding carboxylic acids is 1. The fourth-order valence-corrected chi connectivity index (χ4v) is 5.13. The topological polar surface area (TPSA) is 50.8 Å². The summed E-state index contributed by atoms with van der Waals surface area (Å²) < 4.78 is 11.9. The number of para-hydroxylation sites is 1. The third kappa shape index (κ3) is 3.14. The molecule has 1 saturated heterocycles. The van der Waals surface area contributed by atoms with Gasteiger partial charge in [-0.15, -0.1) is 0 Å². The van der Waals surface area contributed by atoms with Gasteiger partial charge in [0.1, 0.15) is 11.7 Å². The van der Waals surface area contributed by atoms with Crippen molar-refractivity contribution in [2.24, 2.45) is 5.92 Å². The number of halogens is 2. The highest BCUT2D eigenvalue weighted by molar-refractivity contribution is 7.80. The second-order valence-corrected chi connectivity index (χ2v) is 8.47. The molecule has 8 heteroatoms. The Morgan fingerprint density at radius 2 is 2.07 bits per heavy atom. The van der Waals surface area contributed by atoms with Gasteiger partial charge in [0.05, 0.1) is 17.7 Å². The van der Waals surface area contributed by atoms with Crippen LogP contribution in [0.25, 0.3) is 0 Å². The number of aryl methyl sites for hydroxylation is 1. The molecule has 0 spiro atoms. The number of anilines is 1. The van der Waals surface area contributed by atoms with E-state index in [-0.39, 0.29) is 12.6 Å². The van der Waals surface area contributed by atoms with Crippen molar-refractivity contribution in [1.29, 1.82) is 0 Å². The molecule has 1 N–H and O–H groups in total. The number of nitrogens with one attached hydrogen (secondary N) is 1. The molecule has 29 heavy (non-hydrogen) atoms. The molecule has 2 aliphatic heterocycles. The van der Waals surface area contributed by atoms with Crippen molar-refractivity contribution >= 4 is 52.2 Å². The minimum atomic E-state index is -1.14. The zero-order valence-electron chi connectivity index (χ0n) is 16.2. The predicted molar refractivity (Wildman–Crippen MR) is 118 cm³/mol. The summed E-state index contributed by atoms with van der Waals surface area (Å²) in [7, 11) is 0. The Kier molecular flexibility index (Phi) is 5.13. The molecule has 2 aliphatic rings. The van der Waals surface area contributed by atoms with Gasteiger partial charge in [0.2, 0.25) is 5.72 Å². The van der Waals surface area contributed by atoms with Crippen LogP contribution in [-0.2, 0) is 9.53 Å². The molecular formula is C21H20Cl2N2O3S. The third-order valence-corrected chi connectivity index (χ3v) is 6.21. The van der Waals surface area contributed by atoms with Gasteiger partial charge < -0.3 is 14.8 Å². The van der Waals surface area contributed by atoms with Gasteiger partial charge in [0.15, 0.2) is 5.11 Å². The SMILES string of the molecule is CCOC(=O)[C@@H]1[C@H]2NC(=S)N(c3ccccc3C)[C@@]1(C)Oc1c(Cl)cc(Cl)cc12. The molecular weight excluding hydrogens is 431 g/mol. The number of rotatable bonds is 3. The number of fused-ring (bicyclic) bond motifs is 4. The zero-order valence-corrected chi connectivity index (χ0v) is 18.5. The lowest BCUT2D eigenvalue weighted by atomic mass is 9.79. The van der Waals surface area contributed by atoms with E-state index in [1.807, 2.05) is 43.0 Å². The van der Waals surface area contributed by atoms with Crippen molar-refractivity contribution in [3.63, 3.8) is 0 Å². The van der Waals surface area contributed by atoms with Gasteiger partial charge in [-0.2, -0.15) is 0 Å². The molecule has 0 radical (unpaired) electrons. The summed E-state index contributed by atoms with van der Waals surface area (Å²) in [6.07, 6.45) is 0. The fraction of sp³-hybridized carbons (Fsp3) is 0.333. The fourth-order valence-electron chi connectivity index (χ4n) is 4.17. The first-order valence-corrected chi connectivity index (χ1v) is 10.4. The van der Waals surface area contributed by atoms with Crippen LogP contribution in [-0.4, -0.2) is 23.4 Å². The predicted octanol–water partition coefficient (Wildman–Crippen LogP) is 5.03. The van der Waals surface area contributed by atoms with Crippen LogP contribution in [0.1, 0.15) is 31.0 Å². The summed E-state index contributed by atoms with van der Waals surface area (Å²) in [6, 6.07) is 10.7. The van der Waals surface area contributed by atoms with Crippen molar-refractivity contribution < 1.29 is 14.3 Å². The van der Waals surface area contributed by atoms with E-state index in [1.165, 1.54) is 0 Å². The third-order valence-electron chi connectivity index (χ3n) is 5.41. The lowest BCUT2D eigenvalue weighted by molar-refractivity contribution is -0.159. The standard InChI is InChI=1S/C21H20Cl2N2O3S/c1-4-27-19(26)16-17-13-9-12(22)10-14(23)18(13)28-21(16,3)25(20(29)24-17)15-8-6-5-7-11(15)2/h5-10,16-17H,4H2,1-3H3,(H,24,29)/t16-,17-,21-/m0/s1. The second-order valence-electron chi connectivity index (χ2n) is 7.24. The molecule has 0 aliphatic carbocycles. The molecule has 1 fully saturated rings. The summed E-state index contributed by atoms with van der Waals surface area (Å²) >= 11 is 18.4. The van der Waals surface area contributed by atoms with Crippen LogP contribution >= 0.6 is 35.4 Å². The number of nitrogens with zero attached hydrogens (tertiary/aromatic N) is 1. The molecule has 3 atom stereocenters. The lowest BCUT2D eigenvalue weighted by Gasteiger charge is -2.55. The number of ether oxygens (including phenoxy) is 2. The maximum atomic E-state index is 13.1. The van der Waals surface area contributed by atoms with E-state index in [4.69, 9.17) is 44.9 Å². The smallest absolute Gasteiger partial charge is 0.317 e. The van der Waals surface area contributed by atoms with Crippen molar-refractivity contribution in [2.75, 3.05) is 11.5 Å². The molecule has 0 aromatic heterocycles. The van der Waals surface area contributed by atoms with E-state index < -0.39 is 17.7 Å². The average molecular weight is 451 g/mol. The van der Waals surface area contributed by atoms with Crippen molar-refractivity contribution in [2.45, 2.75) is 32.5 Å². The molecule has 2 aromatic rings. The van der Waals surface area contributed by atoms with Gasteiger partial charge in [-0.25, -0.2) is 0 Å². The molecule has 4 rings (SSSR count). The Bertz CT molecular complexity index is 1020. The molecule has 0 amide bonds. The van der Waals surface area contributed by atoms with Crippen LogP contribution in [0.15, 0.2) is 36.4 Å². The number of hydrogen-bond donors (Lipinski definition) is 1. The number of hydrogen-bond acceptors (Lipinski definition) is 4. The van der Waals surface area contributed by atoms with Gasteiger partial charge in [-0.3, -0.25) is 9.69 Å². The van der Waals surface area contributed by atoms with Crippen LogP contribution in [0.3, 0.4) is 0 Å². The Morgan fingerprint density at radius 3 is 2.76 bits per heavy atom. The normalized spacial score (nSPS) is 25.0. The minimum absolute atomic E-state index is 0.260. The maximum absolute atomic E-state index is 13.1. The van der Waals surface area contributed by atoms with E-state index in [0.29, 0.717) is 26.5 Å². The highest BCUT2D eigenvalue weighted by Gasteiger charge is 2.60. The first-order chi connectivity index (χ1) is 13.8. The Hall–Kier alpha value is -2.02. The van der Waals surface area contributed by atoms with Gasteiger partial charge in [0.25, 0.3) is 0 Å². The largest absolute Gasteiger partial charge is 0.466 e. The highest BCUT2D eigenvalue weighted by Crippen LogP contribution is 2.52. The molecule has 2 bridgehead atoms. The maximum Gasteiger partial charge on any atom is 0.317 e. The molecule has 0 saturated carbocycles. The monoisotopic (exact) mass is 450 g/mol. The van der Waals surface area contributed by atoms with E-state index in [2.05, 4.69) is 5.32 Å². The Labute approximate surface area is 184 Å². The molecule has 5 nitrogen and oxygen atoms in total. The van der Waals surface area contributed by atoms with Crippen LogP contribution < -0.4 is 15.0 Å². The van der Waals surface area contributed by atoms with Gasteiger partial charge in [-0.05, 0) is 56.8 Å². The number of benzene rings is 2. The molecule has 152 valence electrons. The second kappa shape index (κ2) is 7.35.